The summed E-state index contributed by atoms with van der Waals surface area (Å²) in [6.45, 7) is 19.0. The molecular formula is C75H118NO20-. The number of hydrogen-bond acceptors (Lipinski definition) is 20. The number of esters is 1. The Morgan fingerprint density at radius 1 is 0.688 bits per heavy atom. The number of nitrogens with two attached hydrogens (primary N) is 1. The van der Waals surface area contributed by atoms with E-state index >= 15 is 0 Å². The van der Waals surface area contributed by atoms with Crippen molar-refractivity contribution >= 4 is 18.1 Å². The Labute approximate surface area is 569 Å². The van der Waals surface area contributed by atoms with E-state index in [1.807, 2.05) is 19.1 Å². The summed E-state index contributed by atoms with van der Waals surface area (Å²) in [5.74, 6) is 0.0436. The first-order valence-electron chi connectivity index (χ1n) is 35.6. The van der Waals surface area contributed by atoms with Crippen molar-refractivity contribution < 1.29 is 99.3 Å². The third-order valence-electron chi connectivity index (χ3n) is 22.3. The summed E-state index contributed by atoms with van der Waals surface area (Å²) < 4.78 is 28.2. The predicted octanol–water partition coefficient (Wildman–Crippen LogP) is 7.32. The molecule has 3 saturated carbocycles. The van der Waals surface area contributed by atoms with Crippen molar-refractivity contribution in [2.45, 2.75) is 281 Å². The Kier molecular flexibility index (Phi) is 31.7. The molecule has 21 heteroatoms. The Balaban J connectivity index is 0.000000387. The minimum Gasteiger partial charge on any atom is -0.546 e. The minimum absolute atomic E-state index is 0.107. The van der Waals surface area contributed by atoms with Gasteiger partial charge in [-0.1, -0.05) is 164 Å². The van der Waals surface area contributed by atoms with Crippen LogP contribution in [0.25, 0.3) is 0 Å². The zero-order valence-electron chi connectivity index (χ0n) is 58.1. The van der Waals surface area contributed by atoms with Crippen LogP contribution in [0.2, 0.25) is 0 Å². The van der Waals surface area contributed by atoms with Crippen LogP contribution in [-0.2, 0) is 33.3 Å². The number of carbonyl (C=O) groups excluding carboxylic acids is 2. The Bertz CT molecular complexity index is 2670. The smallest absolute Gasteiger partial charge is 0.311 e. The minimum atomic E-state index is -2.33. The van der Waals surface area contributed by atoms with Crippen LogP contribution in [0.4, 0.5) is 4.79 Å². The molecule has 0 radical (unpaired) electrons. The normalized spacial score (nSPS) is 44.7. The van der Waals surface area contributed by atoms with Crippen molar-refractivity contribution in [3.63, 3.8) is 0 Å². The number of hydrogen-bond donors (Lipinski definition) is 12. The van der Waals surface area contributed by atoms with Crippen molar-refractivity contribution in [2.24, 2.45) is 76.2 Å². The van der Waals surface area contributed by atoms with Crippen LogP contribution < -0.4 is 10.8 Å². The van der Waals surface area contributed by atoms with Crippen molar-refractivity contribution in [1.82, 2.24) is 0 Å². The van der Waals surface area contributed by atoms with E-state index in [4.69, 9.17) is 29.4 Å². The van der Waals surface area contributed by atoms with Gasteiger partial charge in [-0.3, -0.25) is 9.59 Å². The first-order chi connectivity index (χ1) is 45.3. The van der Waals surface area contributed by atoms with Gasteiger partial charge < -0.3 is 95.5 Å². The number of carboxylic acid groups (broad SMARTS) is 2. The molecule has 0 aromatic rings. The fraction of sp³-hybridized carbons (Fsp3) is 0.747. The first kappa shape index (κ1) is 80.5. The average Bonchev–Trinajstić information content (AvgIpc) is 1.31. The molecule has 3 aliphatic heterocycles. The van der Waals surface area contributed by atoms with Gasteiger partial charge in [-0.2, -0.15) is 0 Å². The van der Waals surface area contributed by atoms with Gasteiger partial charge in [-0.05, 0) is 131 Å². The highest BCUT2D eigenvalue weighted by Crippen LogP contribution is 2.64. The molecule has 96 heavy (non-hydrogen) atoms. The number of aliphatic hydroxyl groups excluding tert-OH is 9. The van der Waals surface area contributed by atoms with Crippen LogP contribution in [0.15, 0.2) is 96.7 Å². The molecule has 7 rings (SSSR count). The van der Waals surface area contributed by atoms with Crippen LogP contribution in [0, 0.1) is 70.5 Å². The van der Waals surface area contributed by atoms with Gasteiger partial charge in [0.15, 0.2) is 12.1 Å². The molecule has 13 N–H and O–H groups in total. The highest BCUT2D eigenvalue weighted by atomic mass is 16.7. The number of cyclic esters (lactones) is 1. The number of aliphatic hydroxyl groups is 10. The van der Waals surface area contributed by atoms with E-state index < -0.39 is 153 Å². The maximum absolute atomic E-state index is 12.6. The molecule has 2 saturated heterocycles. The van der Waals surface area contributed by atoms with Gasteiger partial charge in [-0.25, -0.2) is 0 Å². The van der Waals surface area contributed by atoms with Gasteiger partial charge >= 0.3 is 11.9 Å². The van der Waals surface area contributed by atoms with Crippen LogP contribution in [0.3, 0.4) is 0 Å². The zero-order valence-corrected chi connectivity index (χ0v) is 58.1. The molecular weight excluding hydrogens is 1230 g/mol. The topological polar surface area (TPSA) is 369 Å². The summed E-state index contributed by atoms with van der Waals surface area (Å²) >= 11 is 0. The second-order valence-corrected chi connectivity index (χ2v) is 30.0. The van der Waals surface area contributed by atoms with Gasteiger partial charge in [0.05, 0.1) is 79.6 Å². The van der Waals surface area contributed by atoms with Crippen LogP contribution in [0.5, 0.6) is 0 Å². The van der Waals surface area contributed by atoms with Crippen molar-refractivity contribution in [3.8, 4) is 0 Å². The summed E-state index contributed by atoms with van der Waals surface area (Å²) in [7, 11) is 0. The molecule has 2 bridgehead atoms. The number of ether oxygens (including phenoxy) is 5. The monoisotopic (exact) mass is 1350 g/mol. The SMILES string of the molecule is CC(C)CCC[C@H](C)[C@H]1CCC2C3CC=C4CC(OC(=O)[O-])CC[C@]4(C)C3C[C@@H](C)C21.C[C@@H]1[C@H](O)[C@@H](C)/C=C/C=C/C=C/C=C/C=C/C=C/C=C/[C@H](O[C@@H]2O[C@H](C)[C@@H](O)[C@H](N)[C@@H]2O)C[C@@H]2O[C@](O)(C[C@@H](O)C[C@@H](O)[C@H](O)CC[C@@H](O)C[C@@H](O)CC(=O)O[C@H]1C)C[C@H](O)[C@H]2C(=O)O. The summed E-state index contributed by atoms with van der Waals surface area (Å²) in [6.07, 6.45) is 16.7. The van der Waals surface area contributed by atoms with Crippen LogP contribution in [-0.4, -0.2) is 178 Å². The van der Waals surface area contributed by atoms with E-state index in [-0.39, 0.29) is 43.1 Å². The fourth-order valence-corrected chi connectivity index (χ4v) is 16.7. The number of fused-ring (bicyclic) bond motifs is 7. The van der Waals surface area contributed by atoms with Gasteiger partial charge in [0.25, 0.3) is 6.16 Å². The van der Waals surface area contributed by atoms with Gasteiger partial charge in [-0.15, -0.1) is 0 Å². The van der Waals surface area contributed by atoms with Gasteiger partial charge in [0.1, 0.15) is 18.1 Å². The highest BCUT2D eigenvalue weighted by molar-refractivity contribution is 5.72. The largest absolute Gasteiger partial charge is 0.546 e. The molecule has 21 nitrogen and oxygen atoms in total. The molecule has 28 atom stereocenters. The number of carbonyl (C=O) groups is 3. The third kappa shape index (κ3) is 23.1. The molecule has 4 aliphatic carbocycles. The number of aliphatic carboxylic acids is 1. The van der Waals surface area contributed by atoms with E-state index in [1.54, 1.807) is 80.7 Å². The molecule has 0 spiro atoms. The second kappa shape index (κ2) is 37.8. The molecule has 544 valence electrons. The summed E-state index contributed by atoms with van der Waals surface area (Å²) in [5, 5.41) is 129. The van der Waals surface area contributed by atoms with E-state index in [9.17, 15) is 75.7 Å². The second-order valence-electron chi connectivity index (χ2n) is 30.0. The lowest BCUT2D eigenvalue weighted by Crippen LogP contribution is -2.61. The predicted molar refractivity (Wildman–Crippen MR) is 360 cm³/mol. The standard InChI is InChI=1S/C47H73NO17.C28H46O3/c1-27-17-15-13-11-9-7-5-6-8-10-12-14-16-18-34(64-46-44(58)41(48)43(57)30(4)63-46)24-38-40(45(59)60)37(54)26-47(61,65-38)25-33(51)22-36(53)35(52)20-19-31(49)21-32(50)23-39(55)62-29(3)28(2)42(27)56;1-17(2)7-6-8-18(3)22-11-12-24-23-10-9-20-16-21(31-27(29)30)13-14-28(20,5)25(23)15-19(4)26(22)24/h5-18,27-38,40-44,46,49-54,56-58,61H,19-26,48H2,1-4H3,(H,59,60);9,17-19,21-26H,6-8,10-16H2,1-5H3,(H,29,30)/p-1/b6-5+,9-7+,10-8+,13-11+,14-12+,17-15+,18-16+;/t27-,28-,29-,30+,31+,32+,33-,34-,35+,36+,37-,38-,40+,41-,42+,43+,44-,46-,47+;18-,19+,21?,22+,23?,24?,25?,26?,28-/m00/s1. The maximum atomic E-state index is 12.6. The zero-order chi connectivity index (χ0) is 70.8. The summed E-state index contributed by atoms with van der Waals surface area (Å²) in [5.41, 5.74) is 7.74. The van der Waals surface area contributed by atoms with E-state index in [0.717, 1.165) is 66.6 Å². The maximum Gasteiger partial charge on any atom is 0.311 e. The quantitative estimate of drug-likeness (QED) is 0.0794. The number of carboxylic acids is 1. The van der Waals surface area contributed by atoms with E-state index in [1.165, 1.54) is 63.5 Å². The number of allylic oxidation sites excluding steroid dienone is 13. The van der Waals surface area contributed by atoms with Crippen molar-refractivity contribution in [3.05, 3.63) is 96.7 Å². The lowest BCUT2D eigenvalue weighted by Gasteiger charge is -2.57. The Morgan fingerprint density at radius 3 is 1.95 bits per heavy atom. The average molecular weight is 1350 g/mol. The molecule has 7 aliphatic rings. The number of rotatable bonds is 9. The molecule has 0 amide bonds. The summed E-state index contributed by atoms with van der Waals surface area (Å²) in [6, 6.07) is -1.15. The van der Waals surface area contributed by atoms with Crippen LogP contribution in [0.1, 0.15) is 178 Å². The molecule has 3 heterocycles. The lowest BCUT2D eigenvalue weighted by atomic mass is 9.48. The molecule has 0 aromatic heterocycles. The Morgan fingerprint density at radius 2 is 1.32 bits per heavy atom. The fourth-order valence-electron chi connectivity index (χ4n) is 16.7. The first-order valence-corrected chi connectivity index (χ1v) is 35.6. The van der Waals surface area contributed by atoms with Crippen LogP contribution >= 0.6 is 0 Å². The van der Waals surface area contributed by atoms with Gasteiger partial charge in [0, 0.05) is 43.6 Å². The molecule has 5 fully saturated rings. The van der Waals surface area contributed by atoms with Crippen molar-refractivity contribution in [2.75, 3.05) is 0 Å². The van der Waals surface area contributed by atoms with E-state index in [2.05, 4.69) is 40.7 Å². The molecule has 5 unspecified atom stereocenters. The third-order valence-corrected chi connectivity index (χ3v) is 22.3. The van der Waals surface area contributed by atoms with Crippen molar-refractivity contribution in [1.29, 1.82) is 0 Å². The van der Waals surface area contributed by atoms with Gasteiger partial charge in [0.2, 0.25) is 0 Å². The highest BCUT2D eigenvalue weighted by Gasteiger charge is 2.57. The van der Waals surface area contributed by atoms with E-state index in [0.29, 0.717) is 0 Å². The Hall–Kier alpha value is -4.43. The summed E-state index contributed by atoms with van der Waals surface area (Å²) in [4.78, 5) is 36.0. The molecule has 0 aromatic carbocycles. The lowest BCUT2D eigenvalue weighted by molar-refractivity contribution is -0.308.